The zero-order chi connectivity index (χ0) is 14.2. The maximum atomic E-state index is 5.14. The van der Waals surface area contributed by atoms with E-state index in [1.165, 1.54) is 19.3 Å². The fourth-order valence-electron chi connectivity index (χ4n) is 2.26. The highest BCUT2D eigenvalue weighted by Crippen LogP contribution is 2.15. The molecule has 1 saturated heterocycles. The third-order valence-corrected chi connectivity index (χ3v) is 3.23. The quantitative estimate of drug-likeness (QED) is 0.798. The van der Waals surface area contributed by atoms with Crippen molar-refractivity contribution in [2.45, 2.75) is 39.2 Å². The second kappa shape index (κ2) is 8.01. The van der Waals surface area contributed by atoms with E-state index in [0.717, 1.165) is 37.7 Å². The van der Waals surface area contributed by atoms with Crippen molar-refractivity contribution in [2.24, 2.45) is 0 Å². The number of nitrogens with zero attached hydrogens (tertiary/aromatic N) is 3. The minimum atomic E-state index is 0.427. The van der Waals surface area contributed by atoms with Crippen LogP contribution in [0.25, 0.3) is 0 Å². The van der Waals surface area contributed by atoms with Gasteiger partial charge in [-0.2, -0.15) is 0 Å². The van der Waals surface area contributed by atoms with E-state index in [-0.39, 0.29) is 0 Å². The molecule has 1 aromatic rings. The molecule has 1 aliphatic heterocycles. The number of aromatic nitrogens is 2. The number of anilines is 2. The topological polar surface area (TPSA) is 62.3 Å². The molecule has 0 aromatic carbocycles. The summed E-state index contributed by atoms with van der Waals surface area (Å²) in [4.78, 5) is 8.94. The van der Waals surface area contributed by atoms with Gasteiger partial charge in [0, 0.05) is 32.8 Å². The van der Waals surface area contributed by atoms with Crippen molar-refractivity contribution in [2.75, 3.05) is 37.5 Å². The average Bonchev–Trinajstić information content (AvgIpc) is 2.46. The summed E-state index contributed by atoms with van der Waals surface area (Å²) >= 11 is 0. The Morgan fingerprint density at radius 3 is 2.65 bits per heavy atom. The summed E-state index contributed by atoms with van der Waals surface area (Å²) in [7, 11) is 1.66. The first-order valence-corrected chi connectivity index (χ1v) is 7.44. The van der Waals surface area contributed by atoms with Crippen molar-refractivity contribution in [3.8, 4) is 0 Å². The monoisotopic (exact) mass is 279 g/mol. The highest BCUT2D eigenvalue weighted by atomic mass is 16.5. The zero-order valence-electron chi connectivity index (χ0n) is 12.5. The first-order chi connectivity index (χ1) is 9.81. The van der Waals surface area contributed by atoms with Gasteiger partial charge in [0.25, 0.3) is 0 Å². The molecule has 20 heavy (non-hydrogen) atoms. The van der Waals surface area contributed by atoms with Gasteiger partial charge >= 0.3 is 0 Å². The Hall–Kier alpha value is -1.40. The van der Waals surface area contributed by atoms with Crippen LogP contribution in [0.15, 0.2) is 6.07 Å². The Morgan fingerprint density at radius 2 is 1.95 bits per heavy atom. The van der Waals surface area contributed by atoms with Gasteiger partial charge in [-0.05, 0) is 19.3 Å². The third kappa shape index (κ3) is 4.61. The number of hydrogen-bond acceptors (Lipinski definition) is 6. The predicted molar refractivity (Wildman–Crippen MR) is 80.6 cm³/mol. The van der Waals surface area contributed by atoms with Crippen molar-refractivity contribution in [3.05, 3.63) is 11.9 Å². The summed E-state index contributed by atoms with van der Waals surface area (Å²) in [6, 6.07) is 1.96. The molecule has 0 bridgehead atoms. The van der Waals surface area contributed by atoms with Crippen molar-refractivity contribution in [1.29, 1.82) is 0 Å². The van der Waals surface area contributed by atoms with E-state index in [4.69, 9.17) is 4.74 Å². The molecule has 0 amide bonds. The molecule has 0 unspecified atom stereocenters. The number of nitrogens with one attached hydrogen (secondary N) is 2. The Bertz CT molecular complexity index is 407. The summed E-state index contributed by atoms with van der Waals surface area (Å²) in [5, 5.41) is 5.53. The molecule has 2 rings (SSSR count). The van der Waals surface area contributed by atoms with Crippen LogP contribution >= 0.6 is 0 Å². The number of methoxy groups -OCH3 is 1. The summed E-state index contributed by atoms with van der Waals surface area (Å²) in [6.07, 6.45) is 4.87. The number of piperidine rings is 1. The van der Waals surface area contributed by atoms with Crippen LogP contribution in [0.2, 0.25) is 0 Å². The molecule has 0 radical (unpaired) electrons. The summed E-state index contributed by atoms with van der Waals surface area (Å²) < 4.78 is 5.14. The number of hydrogen-bond donors (Lipinski definition) is 2. The van der Waals surface area contributed by atoms with Crippen molar-refractivity contribution in [3.63, 3.8) is 0 Å². The van der Waals surface area contributed by atoms with Crippen LogP contribution in [0, 0.1) is 0 Å². The summed E-state index contributed by atoms with van der Waals surface area (Å²) in [5.41, 5.74) is 3.38. The van der Waals surface area contributed by atoms with E-state index < -0.39 is 0 Å². The molecule has 112 valence electrons. The average molecular weight is 279 g/mol. The molecule has 0 aliphatic carbocycles. The van der Waals surface area contributed by atoms with Crippen LogP contribution in [0.4, 0.5) is 11.6 Å². The highest BCUT2D eigenvalue weighted by molar-refractivity contribution is 5.47. The molecule has 0 atom stereocenters. The molecule has 1 aromatic heterocycles. The normalized spacial score (nSPS) is 16.1. The van der Waals surface area contributed by atoms with Crippen LogP contribution in [0.5, 0.6) is 0 Å². The molecular formula is C14H25N5O. The lowest BCUT2D eigenvalue weighted by molar-refractivity contribution is 0.178. The van der Waals surface area contributed by atoms with Gasteiger partial charge in [-0.1, -0.05) is 13.3 Å². The van der Waals surface area contributed by atoms with Crippen LogP contribution in [0.3, 0.4) is 0 Å². The fourth-order valence-corrected chi connectivity index (χ4v) is 2.26. The molecule has 2 N–H and O–H groups in total. The Balaban J connectivity index is 2.06. The van der Waals surface area contributed by atoms with Crippen molar-refractivity contribution >= 4 is 11.6 Å². The van der Waals surface area contributed by atoms with Gasteiger partial charge in [0.05, 0.1) is 0 Å². The number of rotatable bonds is 7. The lowest BCUT2D eigenvalue weighted by atomic mass is 10.2. The van der Waals surface area contributed by atoms with E-state index in [0.29, 0.717) is 12.4 Å². The third-order valence-electron chi connectivity index (χ3n) is 3.23. The smallest absolute Gasteiger partial charge is 0.158 e. The zero-order valence-corrected chi connectivity index (χ0v) is 12.5. The largest absolute Gasteiger partial charge is 0.377 e. The minimum absolute atomic E-state index is 0.427. The van der Waals surface area contributed by atoms with Crippen molar-refractivity contribution < 1.29 is 4.74 Å². The Kier molecular flexibility index (Phi) is 6.01. The van der Waals surface area contributed by atoms with E-state index in [2.05, 4.69) is 32.6 Å². The highest BCUT2D eigenvalue weighted by Gasteiger charge is 2.12. The van der Waals surface area contributed by atoms with E-state index in [9.17, 15) is 0 Å². The van der Waals surface area contributed by atoms with Crippen molar-refractivity contribution in [1.82, 2.24) is 15.0 Å². The lowest BCUT2D eigenvalue weighted by Crippen LogP contribution is -2.35. The minimum Gasteiger partial charge on any atom is -0.377 e. The first kappa shape index (κ1) is 15.0. The molecular weight excluding hydrogens is 254 g/mol. The summed E-state index contributed by atoms with van der Waals surface area (Å²) in [6.45, 7) is 5.61. The predicted octanol–water partition coefficient (Wildman–Crippen LogP) is 2.26. The molecule has 6 heteroatoms. The van der Waals surface area contributed by atoms with Gasteiger partial charge in [-0.15, -0.1) is 0 Å². The van der Waals surface area contributed by atoms with E-state index >= 15 is 0 Å². The number of ether oxygens (including phenoxy) is 1. The molecule has 0 saturated carbocycles. The molecule has 2 heterocycles. The van der Waals surface area contributed by atoms with Gasteiger partial charge < -0.3 is 15.5 Å². The van der Waals surface area contributed by atoms with Crippen LogP contribution in [-0.4, -0.2) is 41.7 Å². The first-order valence-electron chi connectivity index (χ1n) is 7.44. The summed E-state index contributed by atoms with van der Waals surface area (Å²) in [5.74, 6) is 2.40. The Morgan fingerprint density at radius 1 is 1.20 bits per heavy atom. The SMILES string of the molecule is CCCNc1cc(NN2CCCCC2)nc(COC)n1. The maximum Gasteiger partial charge on any atom is 0.158 e. The van der Waals surface area contributed by atoms with Crippen LogP contribution < -0.4 is 10.7 Å². The molecule has 1 aliphatic rings. The van der Waals surface area contributed by atoms with Crippen LogP contribution in [-0.2, 0) is 11.3 Å². The van der Waals surface area contributed by atoms with E-state index in [1.807, 2.05) is 6.07 Å². The lowest BCUT2D eigenvalue weighted by Gasteiger charge is -2.27. The van der Waals surface area contributed by atoms with Gasteiger partial charge in [-0.3, -0.25) is 0 Å². The van der Waals surface area contributed by atoms with Gasteiger partial charge in [0.2, 0.25) is 0 Å². The Labute approximate surface area is 120 Å². The standard InChI is InChI=1S/C14H25N5O/c1-3-7-15-12-10-13(17-14(16-12)11-20-2)18-19-8-5-4-6-9-19/h10H,3-9,11H2,1-2H3,(H2,15,16,17,18). The molecule has 6 nitrogen and oxygen atoms in total. The van der Waals surface area contributed by atoms with Gasteiger partial charge in [-0.25, -0.2) is 15.0 Å². The van der Waals surface area contributed by atoms with Gasteiger partial charge in [0.15, 0.2) is 5.82 Å². The van der Waals surface area contributed by atoms with Crippen LogP contribution in [0.1, 0.15) is 38.4 Å². The molecule has 0 spiro atoms. The van der Waals surface area contributed by atoms with E-state index in [1.54, 1.807) is 7.11 Å². The molecule has 1 fully saturated rings. The second-order valence-electron chi connectivity index (χ2n) is 5.07. The second-order valence-corrected chi connectivity index (χ2v) is 5.07. The number of hydrazine groups is 1. The fraction of sp³-hybridized carbons (Fsp3) is 0.714. The maximum absolute atomic E-state index is 5.14. The van der Waals surface area contributed by atoms with Gasteiger partial charge in [0.1, 0.15) is 18.2 Å².